The van der Waals surface area contributed by atoms with Gasteiger partial charge in [-0.1, -0.05) is 0 Å². The van der Waals surface area contributed by atoms with Gasteiger partial charge in [0.1, 0.15) is 17.0 Å². The molecule has 0 atom stereocenters. The van der Waals surface area contributed by atoms with Gasteiger partial charge in [-0.25, -0.2) is 15.0 Å². The maximum Gasteiger partial charge on any atom is 0.188 e. The number of hydrogen-bond acceptors (Lipinski definition) is 6. The number of fused-ring (bicyclic) bond motifs is 1. The molecule has 3 heterocycles. The van der Waals surface area contributed by atoms with E-state index in [1.807, 2.05) is 23.8 Å². The van der Waals surface area contributed by atoms with Crippen LogP contribution >= 0.6 is 22.7 Å². The lowest BCUT2D eigenvalue weighted by Gasteiger charge is -2.01. The lowest BCUT2D eigenvalue weighted by molar-refractivity contribution is 1.21. The van der Waals surface area contributed by atoms with E-state index < -0.39 is 0 Å². The van der Waals surface area contributed by atoms with Crippen LogP contribution in [0.25, 0.3) is 10.2 Å². The molecule has 0 amide bonds. The second kappa shape index (κ2) is 3.80. The highest BCUT2D eigenvalue weighted by atomic mass is 32.1. The summed E-state index contributed by atoms with van der Waals surface area (Å²) in [4.78, 5) is 13.8. The van der Waals surface area contributed by atoms with Crippen LogP contribution in [0.2, 0.25) is 0 Å². The normalized spacial score (nSPS) is 10.8. The third-order valence-electron chi connectivity index (χ3n) is 2.11. The molecule has 0 radical (unpaired) electrons. The highest BCUT2D eigenvalue weighted by molar-refractivity contribution is 7.16. The molecule has 3 aromatic heterocycles. The SMILES string of the molecule is Cc1csc(Nc2ncnc3sccc23)n1. The molecular formula is C10H8N4S2. The van der Waals surface area contributed by atoms with Crippen molar-refractivity contribution in [3.63, 3.8) is 0 Å². The number of rotatable bonds is 2. The standard InChI is InChI=1S/C10H8N4S2/c1-6-4-16-10(13-6)14-8-7-2-3-15-9(7)12-5-11-8/h2-5H,1H3,(H,11,12,13,14). The quantitative estimate of drug-likeness (QED) is 0.756. The van der Waals surface area contributed by atoms with Crippen molar-refractivity contribution in [2.75, 3.05) is 5.32 Å². The summed E-state index contributed by atoms with van der Waals surface area (Å²) in [5, 5.41) is 9.14. The molecule has 0 aliphatic carbocycles. The van der Waals surface area contributed by atoms with E-state index in [0.717, 1.165) is 26.9 Å². The minimum absolute atomic E-state index is 0.820. The van der Waals surface area contributed by atoms with Gasteiger partial charge in [0.25, 0.3) is 0 Å². The zero-order chi connectivity index (χ0) is 11.0. The van der Waals surface area contributed by atoms with Crippen molar-refractivity contribution in [3.05, 3.63) is 28.8 Å². The Balaban J connectivity index is 2.03. The second-order valence-electron chi connectivity index (χ2n) is 3.28. The third-order valence-corrected chi connectivity index (χ3v) is 3.80. The number of nitrogens with zero attached hydrogens (tertiary/aromatic N) is 3. The molecule has 0 fully saturated rings. The molecule has 3 aromatic rings. The van der Waals surface area contributed by atoms with Gasteiger partial charge in [0.05, 0.1) is 11.1 Å². The fourth-order valence-electron chi connectivity index (χ4n) is 1.40. The number of hydrogen-bond donors (Lipinski definition) is 1. The van der Waals surface area contributed by atoms with Gasteiger partial charge in [0, 0.05) is 5.38 Å². The molecule has 1 N–H and O–H groups in total. The molecule has 0 saturated carbocycles. The van der Waals surface area contributed by atoms with E-state index in [2.05, 4.69) is 20.3 Å². The predicted octanol–water partition coefficient (Wildman–Crippen LogP) is 3.20. The number of aryl methyl sites for hydroxylation is 1. The lowest BCUT2D eigenvalue weighted by atomic mass is 10.4. The van der Waals surface area contributed by atoms with Crippen molar-refractivity contribution in [3.8, 4) is 0 Å². The molecule has 6 heteroatoms. The largest absolute Gasteiger partial charge is 0.316 e. The van der Waals surface area contributed by atoms with Gasteiger partial charge >= 0.3 is 0 Å². The molecule has 0 saturated heterocycles. The third kappa shape index (κ3) is 1.66. The number of anilines is 2. The highest BCUT2D eigenvalue weighted by Gasteiger charge is 2.06. The average molecular weight is 248 g/mol. The molecule has 16 heavy (non-hydrogen) atoms. The fourth-order valence-corrected chi connectivity index (χ4v) is 2.82. The number of thiazole rings is 1. The van der Waals surface area contributed by atoms with Crippen molar-refractivity contribution in [1.82, 2.24) is 15.0 Å². The summed E-state index contributed by atoms with van der Waals surface area (Å²) in [5.74, 6) is 0.820. The monoisotopic (exact) mass is 248 g/mol. The first kappa shape index (κ1) is 9.68. The van der Waals surface area contributed by atoms with E-state index in [-0.39, 0.29) is 0 Å². The van der Waals surface area contributed by atoms with Crippen LogP contribution in [0.15, 0.2) is 23.2 Å². The molecule has 0 aromatic carbocycles. The maximum atomic E-state index is 4.35. The van der Waals surface area contributed by atoms with Crippen LogP contribution in [0.4, 0.5) is 10.9 Å². The Morgan fingerprint density at radius 1 is 1.25 bits per heavy atom. The Hall–Kier alpha value is -1.53. The first-order valence-corrected chi connectivity index (χ1v) is 6.46. The minimum Gasteiger partial charge on any atom is -0.316 e. The fraction of sp³-hybridized carbons (Fsp3) is 0.100. The van der Waals surface area contributed by atoms with Crippen molar-refractivity contribution < 1.29 is 0 Å². The first-order chi connectivity index (χ1) is 7.83. The molecule has 80 valence electrons. The summed E-state index contributed by atoms with van der Waals surface area (Å²) in [5.41, 5.74) is 1.02. The predicted molar refractivity (Wildman–Crippen MR) is 67.5 cm³/mol. The van der Waals surface area contributed by atoms with Gasteiger partial charge in [-0.2, -0.15) is 0 Å². The van der Waals surface area contributed by atoms with Gasteiger partial charge in [-0.3, -0.25) is 0 Å². The van der Waals surface area contributed by atoms with Crippen molar-refractivity contribution in [2.45, 2.75) is 6.92 Å². The molecule has 4 nitrogen and oxygen atoms in total. The van der Waals surface area contributed by atoms with Crippen LogP contribution in [-0.2, 0) is 0 Å². The number of nitrogens with one attached hydrogen (secondary N) is 1. The van der Waals surface area contributed by atoms with Crippen molar-refractivity contribution in [1.29, 1.82) is 0 Å². The summed E-state index contributed by atoms with van der Waals surface area (Å²) in [6.07, 6.45) is 1.57. The number of aromatic nitrogens is 3. The summed E-state index contributed by atoms with van der Waals surface area (Å²) in [6, 6.07) is 2.02. The Bertz CT molecular complexity index is 628. The van der Waals surface area contributed by atoms with Crippen LogP contribution in [0.5, 0.6) is 0 Å². The van der Waals surface area contributed by atoms with Crippen LogP contribution in [0.3, 0.4) is 0 Å². The van der Waals surface area contributed by atoms with E-state index >= 15 is 0 Å². The van der Waals surface area contributed by atoms with Gasteiger partial charge in [0.15, 0.2) is 5.13 Å². The van der Waals surface area contributed by atoms with Gasteiger partial charge in [-0.05, 0) is 18.4 Å². The van der Waals surface area contributed by atoms with Gasteiger partial charge < -0.3 is 5.32 Å². The Labute approximate surface area is 100 Å². The summed E-state index contributed by atoms with van der Waals surface area (Å²) in [7, 11) is 0. The van der Waals surface area contributed by atoms with Crippen LogP contribution < -0.4 is 5.32 Å². The van der Waals surface area contributed by atoms with Crippen molar-refractivity contribution in [2.24, 2.45) is 0 Å². The maximum absolute atomic E-state index is 4.35. The van der Waals surface area contributed by atoms with E-state index in [1.165, 1.54) is 0 Å². The zero-order valence-corrected chi connectivity index (χ0v) is 10.1. The Morgan fingerprint density at radius 3 is 3.00 bits per heavy atom. The Kier molecular flexibility index (Phi) is 2.30. The van der Waals surface area contributed by atoms with Gasteiger partial charge in [0.2, 0.25) is 0 Å². The second-order valence-corrected chi connectivity index (χ2v) is 5.03. The first-order valence-electron chi connectivity index (χ1n) is 4.70. The highest BCUT2D eigenvalue weighted by Crippen LogP contribution is 2.27. The smallest absolute Gasteiger partial charge is 0.188 e. The van der Waals surface area contributed by atoms with Gasteiger partial charge in [-0.15, -0.1) is 22.7 Å². The molecule has 0 aliphatic heterocycles. The van der Waals surface area contributed by atoms with E-state index in [4.69, 9.17) is 0 Å². The Morgan fingerprint density at radius 2 is 2.19 bits per heavy atom. The number of thiophene rings is 1. The summed E-state index contributed by atoms with van der Waals surface area (Å²) < 4.78 is 0. The summed E-state index contributed by atoms with van der Waals surface area (Å²) in [6.45, 7) is 1.97. The van der Waals surface area contributed by atoms with Crippen molar-refractivity contribution >= 4 is 43.8 Å². The van der Waals surface area contributed by atoms with E-state index in [9.17, 15) is 0 Å². The molecule has 0 bridgehead atoms. The summed E-state index contributed by atoms with van der Waals surface area (Å²) >= 11 is 3.19. The molecule has 0 aliphatic rings. The molecule has 0 unspecified atom stereocenters. The van der Waals surface area contributed by atoms with Crippen LogP contribution in [0, 0.1) is 6.92 Å². The lowest BCUT2D eigenvalue weighted by Crippen LogP contribution is -1.93. The minimum atomic E-state index is 0.820. The average Bonchev–Trinajstić information content (AvgIpc) is 2.87. The van der Waals surface area contributed by atoms with Crippen LogP contribution in [-0.4, -0.2) is 15.0 Å². The molecule has 3 rings (SSSR count). The topological polar surface area (TPSA) is 50.7 Å². The van der Waals surface area contributed by atoms with E-state index in [0.29, 0.717) is 0 Å². The molecule has 0 spiro atoms. The zero-order valence-electron chi connectivity index (χ0n) is 8.47. The van der Waals surface area contributed by atoms with Crippen LogP contribution in [0.1, 0.15) is 5.69 Å². The molecular weight excluding hydrogens is 240 g/mol. The van der Waals surface area contributed by atoms with E-state index in [1.54, 1.807) is 29.0 Å².